The molecule has 3 fully saturated rings. The number of fused-ring (bicyclic) bond motifs is 1. The first-order valence-corrected chi connectivity index (χ1v) is 24.2. The highest BCUT2D eigenvalue weighted by Crippen LogP contribution is 2.67. The molecule has 5 atom stereocenters. The van der Waals surface area contributed by atoms with E-state index in [0.717, 1.165) is 35.1 Å². The fourth-order valence-corrected chi connectivity index (χ4v) is 10.1. The molecule has 62 heavy (non-hydrogen) atoms. The number of unbranched alkanes of at least 4 members (excludes halogenated alkanes) is 12. The van der Waals surface area contributed by atoms with Gasteiger partial charge in [0.1, 0.15) is 11.7 Å². The summed E-state index contributed by atoms with van der Waals surface area (Å²) in [5.74, 6) is -0.0205. The molecule has 346 valence electrons. The molecular weight excluding hydrogens is 769 g/mol. The van der Waals surface area contributed by atoms with Gasteiger partial charge in [0.25, 0.3) is 0 Å². The van der Waals surface area contributed by atoms with E-state index in [1.807, 2.05) is 108 Å². The summed E-state index contributed by atoms with van der Waals surface area (Å²) in [6.45, 7) is 22.5. The maximum absolute atomic E-state index is 13.5. The summed E-state index contributed by atoms with van der Waals surface area (Å²) in [4.78, 5) is 26.3. The highest BCUT2D eigenvalue weighted by Gasteiger charge is 2.76. The van der Waals surface area contributed by atoms with E-state index in [2.05, 4.69) is 33.4 Å². The molecule has 2 N–H and O–H groups in total. The molecule has 0 amide bonds. The van der Waals surface area contributed by atoms with Crippen molar-refractivity contribution in [2.24, 2.45) is 10.8 Å². The molecule has 0 aromatic carbocycles. The van der Waals surface area contributed by atoms with Crippen molar-refractivity contribution in [2.45, 2.75) is 227 Å². The first-order valence-electron chi connectivity index (χ1n) is 24.2. The minimum atomic E-state index is -1.07. The predicted molar refractivity (Wildman–Crippen MR) is 259 cm³/mol. The lowest BCUT2D eigenvalue weighted by Crippen LogP contribution is -2.49. The molecule has 0 aromatic rings. The van der Waals surface area contributed by atoms with Crippen molar-refractivity contribution in [3.63, 3.8) is 0 Å². The van der Waals surface area contributed by atoms with Crippen LogP contribution in [0.3, 0.4) is 0 Å². The number of ketones is 1. The van der Waals surface area contributed by atoms with Crippen LogP contribution in [0.2, 0.25) is 0 Å². The topological polar surface area (TPSA) is 96.4 Å². The van der Waals surface area contributed by atoms with Gasteiger partial charge in [-0.25, -0.2) is 0 Å². The maximum Gasteiger partial charge on any atom is 0.306 e. The van der Waals surface area contributed by atoms with Crippen molar-refractivity contribution < 1.29 is 29.3 Å². The SMILES string of the molecule is CCCCCCCCCCCCCCCC(=O)O[C@H]1CC(C)(C)[C@]2(CC(=O)/C(C)=C/C=C/C(C)=C/C=C/C=C(C)/C=C/C=C(\C)C=C=C3C(C)(C)C[C@H](O)C[C@@]3(C)O)O[C@]2(C)C1. The van der Waals surface area contributed by atoms with Gasteiger partial charge in [0.05, 0.1) is 17.3 Å². The van der Waals surface area contributed by atoms with Gasteiger partial charge in [-0.3, -0.25) is 9.59 Å². The Morgan fingerprint density at radius 1 is 0.694 bits per heavy atom. The second kappa shape index (κ2) is 24.7. The summed E-state index contributed by atoms with van der Waals surface area (Å²) in [6, 6.07) is 0. The Bertz CT molecular complexity index is 1750. The van der Waals surface area contributed by atoms with Crippen LogP contribution in [0.1, 0.15) is 198 Å². The lowest BCUT2D eigenvalue weighted by atomic mass is 9.61. The first-order chi connectivity index (χ1) is 29.2. The normalized spacial score (nSPS) is 27.8. The van der Waals surface area contributed by atoms with Crippen LogP contribution in [-0.4, -0.2) is 51.0 Å². The number of hydrogen-bond donors (Lipinski definition) is 2. The van der Waals surface area contributed by atoms with Gasteiger partial charge in [0.15, 0.2) is 5.78 Å². The van der Waals surface area contributed by atoms with Gasteiger partial charge < -0.3 is 19.7 Å². The van der Waals surface area contributed by atoms with Crippen molar-refractivity contribution in [1.29, 1.82) is 0 Å². The molecule has 1 saturated heterocycles. The first kappa shape index (κ1) is 53.1. The van der Waals surface area contributed by atoms with Crippen LogP contribution in [0.5, 0.6) is 0 Å². The molecule has 0 unspecified atom stereocenters. The summed E-state index contributed by atoms with van der Waals surface area (Å²) in [7, 11) is 0. The fraction of sp³-hybridized carbons (Fsp3) is 0.661. The van der Waals surface area contributed by atoms with Crippen molar-refractivity contribution >= 4 is 11.8 Å². The van der Waals surface area contributed by atoms with E-state index in [1.54, 1.807) is 6.92 Å². The van der Waals surface area contributed by atoms with Crippen LogP contribution in [0, 0.1) is 10.8 Å². The van der Waals surface area contributed by atoms with Gasteiger partial charge in [-0.05, 0) is 83.4 Å². The highest BCUT2D eigenvalue weighted by atomic mass is 16.6. The standard InChI is InChI=1S/C56H86O6/c1-12-13-14-15-16-17-18-19-20-21-22-23-24-35-51(59)61-48-40-53(8,9)56(55(11,41-48)62-56)42-49(58)46(5)34-28-33-44(3)30-26-25-29-43(2)31-27-32-45(4)36-37-50-52(6,7)38-47(57)39-54(50,10)60/h25-34,36,47-48,57,60H,12-24,35,38-42H2,1-11H3/b26-25+,31-27+,33-28+,43-29+,44-30+,45-32+,46-34+/t37?,47-,48-,54+,55+,56-/m0/s1. The average molecular weight is 855 g/mol. The molecule has 1 aliphatic heterocycles. The quantitative estimate of drug-likeness (QED) is 0.0237. The van der Waals surface area contributed by atoms with Gasteiger partial charge in [0.2, 0.25) is 0 Å². The Kier molecular flexibility index (Phi) is 21.1. The van der Waals surface area contributed by atoms with Gasteiger partial charge in [-0.2, -0.15) is 0 Å². The van der Waals surface area contributed by atoms with Crippen LogP contribution in [-0.2, 0) is 19.1 Å². The Labute approximate surface area is 378 Å². The number of aliphatic hydroxyl groups excluding tert-OH is 1. The van der Waals surface area contributed by atoms with Gasteiger partial charge in [0, 0.05) is 36.7 Å². The summed E-state index contributed by atoms with van der Waals surface area (Å²) >= 11 is 0. The third-order valence-electron chi connectivity index (χ3n) is 13.6. The molecular formula is C56H86O6. The monoisotopic (exact) mass is 855 g/mol. The van der Waals surface area contributed by atoms with E-state index in [0.29, 0.717) is 44.1 Å². The number of esters is 1. The molecule has 3 aliphatic rings. The number of hydrogen-bond acceptors (Lipinski definition) is 6. The Morgan fingerprint density at radius 3 is 1.74 bits per heavy atom. The number of aliphatic hydroxyl groups is 2. The second-order valence-corrected chi connectivity index (χ2v) is 20.7. The van der Waals surface area contributed by atoms with E-state index < -0.39 is 22.9 Å². The van der Waals surface area contributed by atoms with Crippen molar-refractivity contribution in [3.8, 4) is 0 Å². The number of carbonyl (C=O) groups is 2. The van der Waals surface area contributed by atoms with Gasteiger partial charge in [-0.1, -0.05) is 184 Å². The lowest BCUT2D eigenvalue weighted by molar-refractivity contribution is -0.153. The van der Waals surface area contributed by atoms with Crippen LogP contribution in [0.4, 0.5) is 0 Å². The molecule has 6 nitrogen and oxygen atoms in total. The number of ether oxygens (including phenoxy) is 2. The molecule has 0 aromatic heterocycles. The van der Waals surface area contributed by atoms with Crippen LogP contribution < -0.4 is 0 Å². The number of carbonyl (C=O) groups excluding carboxylic acids is 2. The lowest BCUT2D eigenvalue weighted by Gasteiger charge is -2.43. The molecule has 2 aliphatic carbocycles. The van der Waals surface area contributed by atoms with E-state index in [9.17, 15) is 19.8 Å². The zero-order chi connectivity index (χ0) is 46.0. The Balaban J connectivity index is 1.40. The summed E-state index contributed by atoms with van der Waals surface area (Å²) in [6.07, 6.45) is 40.9. The minimum Gasteiger partial charge on any atom is -0.462 e. The largest absolute Gasteiger partial charge is 0.462 e. The van der Waals surface area contributed by atoms with E-state index in [-0.39, 0.29) is 28.7 Å². The number of rotatable bonds is 25. The van der Waals surface area contributed by atoms with E-state index >= 15 is 0 Å². The molecule has 2 saturated carbocycles. The Hall–Kier alpha value is -3.28. The number of epoxide rings is 1. The fourth-order valence-electron chi connectivity index (χ4n) is 10.1. The maximum atomic E-state index is 13.5. The minimum absolute atomic E-state index is 0.0830. The zero-order valence-corrected chi connectivity index (χ0v) is 41.0. The van der Waals surface area contributed by atoms with Crippen LogP contribution in [0.15, 0.2) is 100 Å². The smallest absolute Gasteiger partial charge is 0.306 e. The zero-order valence-electron chi connectivity index (χ0n) is 41.0. The van der Waals surface area contributed by atoms with Crippen LogP contribution in [0.25, 0.3) is 0 Å². The third-order valence-corrected chi connectivity index (χ3v) is 13.6. The molecule has 0 spiro atoms. The number of allylic oxidation sites excluding steroid dienone is 14. The molecule has 3 rings (SSSR count). The van der Waals surface area contributed by atoms with Crippen molar-refractivity contribution in [2.75, 3.05) is 0 Å². The molecule has 0 bridgehead atoms. The molecule has 0 radical (unpaired) electrons. The second-order valence-electron chi connectivity index (χ2n) is 20.7. The third kappa shape index (κ3) is 16.7. The van der Waals surface area contributed by atoms with Crippen molar-refractivity contribution in [1.82, 2.24) is 0 Å². The average Bonchev–Trinajstić information content (AvgIpc) is 3.78. The predicted octanol–water partition coefficient (Wildman–Crippen LogP) is 14.2. The summed E-state index contributed by atoms with van der Waals surface area (Å²) < 4.78 is 12.5. The van der Waals surface area contributed by atoms with Gasteiger partial charge in [-0.15, -0.1) is 5.73 Å². The summed E-state index contributed by atoms with van der Waals surface area (Å²) in [5, 5.41) is 21.1. The molecule has 1 heterocycles. The van der Waals surface area contributed by atoms with Crippen LogP contribution >= 0.6 is 0 Å². The molecule has 6 heteroatoms. The van der Waals surface area contributed by atoms with E-state index in [1.165, 1.54) is 70.6 Å². The van der Waals surface area contributed by atoms with E-state index in [4.69, 9.17) is 9.47 Å². The van der Waals surface area contributed by atoms with Gasteiger partial charge >= 0.3 is 5.97 Å². The summed E-state index contributed by atoms with van der Waals surface area (Å²) in [5.41, 5.74) is 5.30. The Morgan fingerprint density at radius 2 is 1.21 bits per heavy atom. The highest BCUT2D eigenvalue weighted by molar-refractivity contribution is 5.96. The number of Topliss-reactive ketones (excluding diaryl/α,β-unsaturated/α-hetero) is 1. The van der Waals surface area contributed by atoms with Crippen molar-refractivity contribution in [3.05, 3.63) is 100 Å².